The van der Waals surface area contributed by atoms with Crippen molar-refractivity contribution >= 4 is 5.97 Å². The van der Waals surface area contributed by atoms with Crippen molar-refractivity contribution in [3.63, 3.8) is 0 Å². The van der Waals surface area contributed by atoms with E-state index >= 15 is 0 Å². The normalized spacial score (nSPS) is 25.7. The molecule has 0 aromatic rings. The minimum Gasteiger partial charge on any atom is -0.457 e. The van der Waals surface area contributed by atoms with Crippen LogP contribution < -0.4 is 0 Å². The summed E-state index contributed by atoms with van der Waals surface area (Å²) in [5.74, 6) is -0.407. The lowest BCUT2D eigenvalue weighted by molar-refractivity contribution is -0.332. The van der Waals surface area contributed by atoms with E-state index in [0.29, 0.717) is 13.0 Å². The van der Waals surface area contributed by atoms with Gasteiger partial charge in [0.1, 0.15) is 54.9 Å². The number of carbonyl (C=O) groups excluding carboxylic acids is 1. The Morgan fingerprint density at radius 3 is 1.40 bits per heavy atom. The smallest absolute Gasteiger partial charge is 0.306 e. The zero-order chi connectivity index (χ0) is 53.0. The summed E-state index contributed by atoms with van der Waals surface area (Å²) in [5, 5.41) is 72.3. The average molecular weight is 1030 g/mol. The van der Waals surface area contributed by atoms with Gasteiger partial charge in [-0.25, -0.2) is 0 Å². The van der Waals surface area contributed by atoms with Crippen molar-refractivity contribution in [1.29, 1.82) is 0 Å². The number of rotatable bonds is 43. The molecule has 0 aliphatic carbocycles. The molecule has 7 N–H and O–H groups in total. The van der Waals surface area contributed by atoms with Crippen LogP contribution in [0.5, 0.6) is 0 Å². The lowest BCUT2D eigenvalue weighted by atomic mass is 9.98. The Morgan fingerprint density at radius 2 is 0.890 bits per heavy atom. The maximum Gasteiger partial charge on any atom is 0.306 e. The van der Waals surface area contributed by atoms with E-state index < -0.39 is 86.7 Å². The van der Waals surface area contributed by atoms with Crippen LogP contribution >= 0.6 is 0 Å². The monoisotopic (exact) mass is 1030 g/mol. The van der Waals surface area contributed by atoms with Gasteiger partial charge in [-0.1, -0.05) is 162 Å². The first-order valence-corrected chi connectivity index (χ1v) is 27.8. The average Bonchev–Trinajstić information content (AvgIpc) is 3.39. The van der Waals surface area contributed by atoms with Gasteiger partial charge < -0.3 is 64.2 Å². The fourth-order valence-electron chi connectivity index (χ4n) is 8.08. The van der Waals surface area contributed by atoms with Gasteiger partial charge in [0.2, 0.25) is 0 Å². The van der Waals surface area contributed by atoms with E-state index in [1.54, 1.807) is 0 Å². The summed E-state index contributed by atoms with van der Waals surface area (Å²) < 4.78 is 34.3. The molecule has 0 radical (unpaired) electrons. The second kappa shape index (κ2) is 45.1. The number of carbonyl (C=O) groups is 1. The molecule has 73 heavy (non-hydrogen) atoms. The number of aliphatic hydroxyl groups is 7. The molecule has 2 aliphatic rings. The highest BCUT2D eigenvalue weighted by molar-refractivity contribution is 5.69. The van der Waals surface area contributed by atoms with Crippen LogP contribution in [0.25, 0.3) is 0 Å². The van der Waals surface area contributed by atoms with Crippen LogP contribution in [0.2, 0.25) is 0 Å². The Bertz CT molecular complexity index is 1570. The maximum absolute atomic E-state index is 13.1. The Hall–Kier alpha value is -3.09. The van der Waals surface area contributed by atoms with E-state index in [1.165, 1.54) is 38.5 Å². The third-order valence-corrected chi connectivity index (χ3v) is 12.6. The first kappa shape index (κ1) is 66.0. The zero-order valence-corrected chi connectivity index (χ0v) is 44.6. The molecule has 0 amide bonds. The van der Waals surface area contributed by atoms with E-state index in [-0.39, 0.29) is 19.6 Å². The van der Waals surface area contributed by atoms with Crippen molar-refractivity contribution in [1.82, 2.24) is 0 Å². The van der Waals surface area contributed by atoms with Crippen LogP contribution in [0.15, 0.2) is 97.2 Å². The Morgan fingerprint density at radius 1 is 0.466 bits per heavy atom. The minimum absolute atomic E-state index is 0.0203. The molecule has 2 heterocycles. The second-order valence-electron chi connectivity index (χ2n) is 19.0. The van der Waals surface area contributed by atoms with Crippen molar-refractivity contribution < 1.29 is 69.0 Å². The van der Waals surface area contributed by atoms with Crippen molar-refractivity contribution in [2.75, 3.05) is 33.0 Å². The lowest BCUT2D eigenvalue weighted by Crippen LogP contribution is -2.61. The van der Waals surface area contributed by atoms with Gasteiger partial charge in [-0.15, -0.1) is 0 Å². The van der Waals surface area contributed by atoms with Gasteiger partial charge in [-0.05, 0) is 96.3 Å². The lowest BCUT2D eigenvalue weighted by Gasteiger charge is -2.42. The van der Waals surface area contributed by atoms with E-state index in [0.717, 1.165) is 103 Å². The van der Waals surface area contributed by atoms with E-state index in [4.69, 9.17) is 28.4 Å². The summed E-state index contributed by atoms with van der Waals surface area (Å²) in [7, 11) is 0. The summed E-state index contributed by atoms with van der Waals surface area (Å²) in [5.41, 5.74) is 0. The molecule has 0 bridgehead atoms. The summed E-state index contributed by atoms with van der Waals surface area (Å²) in [6.07, 6.45) is 43.2. The summed E-state index contributed by atoms with van der Waals surface area (Å²) in [6.45, 7) is 3.41. The molecule has 0 saturated carbocycles. The summed E-state index contributed by atoms with van der Waals surface area (Å²) in [4.78, 5) is 13.1. The van der Waals surface area contributed by atoms with Crippen molar-refractivity contribution in [2.45, 2.75) is 235 Å². The number of hydrogen-bond donors (Lipinski definition) is 7. The quantitative estimate of drug-likeness (QED) is 0.0172. The molecule has 2 aliphatic heterocycles. The van der Waals surface area contributed by atoms with Crippen molar-refractivity contribution in [3.8, 4) is 0 Å². The highest BCUT2D eigenvalue weighted by Crippen LogP contribution is 2.26. The van der Waals surface area contributed by atoms with Crippen LogP contribution in [-0.4, -0.2) is 142 Å². The minimum atomic E-state index is -1.72. The number of esters is 1. The molecule has 0 aromatic carbocycles. The molecule has 418 valence electrons. The molecular weight excluding hydrogens is 933 g/mol. The van der Waals surface area contributed by atoms with Gasteiger partial charge >= 0.3 is 5.97 Å². The molecular formula is C59H98O14. The molecule has 14 heteroatoms. The third kappa shape index (κ3) is 32.2. The molecule has 14 nitrogen and oxygen atoms in total. The van der Waals surface area contributed by atoms with Gasteiger partial charge in [-0.2, -0.15) is 0 Å². The number of ether oxygens (including phenoxy) is 6. The Labute approximate surface area is 439 Å². The van der Waals surface area contributed by atoms with Crippen molar-refractivity contribution in [2.24, 2.45) is 0 Å². The SMILES string of the molecule is CC/C=C\C/C=C\C/C=C\C/C=C\C/C=C\CCCCOCC(COC1OC(COC2OC(CO)C(O)C(O)C2O)C(O)C(O)C1O)OC(=O)CCCCCCCC/C=C\C/C=C\C/C=C\CCCCCCC. The van der Waals surface area contributed by atoms with E-state index in [2.05, 4.69) is 111 Å². The number of allylic oxidation sites excluding steroid dienone is 16. The maximum atomic E-state index is 13.1. The standard InChI is InChI=1S/C59H98O14/c1-3-5-7-9-11-13-15-17-19-21-23-24-25-26-28-30-32-34-36-38-40-42-51(61)71-48(45-68-43-41-39-37-35-33-31-29-27-22-20-18-16-14-12-10-8-6-4-2)46-69-58-57(67)55(65)53(63)50(73-58)47-70-59-56(66)54(64)52(62)49(44-60)72-59/h6,8,12,14-15,17-18,20-21,23,25-27,29,33,35,48-50,52-60,62-67H,3-5,7,9-11,13,16,19,22,24,28,30-32,34,36-47H2,1-2H3/b8-6-,14-12-,17-15-,20-18-,23-21-,26-25-,29-27-,35-33-. The van der Waals surface area contributed by atoms with Gasteiger partial charge in [0.05, 0.1) is 26.4 Å². The van der Waals surface area contributed by atoms with Gasteiger partial charge in [0.25, 0.3) is 0 Å². The Kier molecular flexibility index (Phi) is 40.8. The van der Waals surface area contributed by atoms with Crippen molar-refractivity contribution in [3.05, 3.63) is 97.2 Å². The van der Waals surface area contributed by atoms with Crippen LogP contribution in [0, 0.1) is 0 Å². The fourth-order valence-corrected chi connectivity index (χ4v) is 8.08. The van der Waals surface area contributed by atoms with E-state index in [1.807, 2.05) is 0 Å². The zero-order valence-electron chi connectivity index (χ0n) is 44.6. The first-order valence-electron chi connectivity index (χ1n) is 27.8. The molecule has 11 atom stereocenters. The second-order valence-corrected chi connectivity index (χ2v) is 19.0. The summed E-state index contributed by atoms with van der Waals surface area (Å²) in [6, 6.07) is 0. The molecule has 0 spiro atoms. The van der Waals surface area contributed by atoms with Crippen LogP contribution in [0.1, 0.15) is 168 Å². The predicted molar refractivity (Wildman–Crippen MR) is 288 cm³/mol. The van der Waals surface area contributed by atoms with Crippen LogP contribution in [0.3, 0.4) is 0 Å². The molecule has 0 aromatic heterocycles. The first-order chi connectivity index (χ1) is 35.6. The highest BCUT2D eigenvalue weighted by Gasteiger charge is 2.47. The molecule has 2 saturated heterocycles. The van der Waals surface area contributed by atoms with Crippen LogP contribution in [0.4, 0.5) is 0 Å². The molecule has 2 fully saturated rings. The van der Waals surface area contributed by atoms with E-state index in [9.17, 15) is 40.5 Å². The molecule has 2 rings (SSSR count). The van der Waals surface area contributed by atoms with Gasteiger partial charge in [0.15, 0.2) is 12.6 Å². The summed E-state index contributed by atoms with van der Waals surface area (Å²) >= 11 is 0. The highest BCUT2D eigenvalue weighted by atomic mass is 16.7. The fraction of sp³-hybridized carbons (Fsp3) is 0.712. The molecule has 11 unspecified atom stereocenters. The third-order valence-electron chi connectivity index (χ3n) is 12.6. The van der Waals surface area contributed by atoms with Gasteiger partial charge in [-0.3, -0.25) is 4.79 Å². The topological polar surface area (TPSA) is 214 Å². The number of unbranched alkanes of at least 4 members (excludes halogenated alkanes) is 13. The number of hydrogen-bond acceptors (Lipinski definition) is 14. The van der Waals surface area contributed by atoms with Crippen LogP contribution in [-0.2, 0) is 33.2 Å². The predicted octanol–water partition coefficient (Wildman–Crippen LogP) is 9.41. The largest absolute Gasteiger partial charge is 0.457 e. The number of aliphatic hydroxyl groups excluding tert-OH is 7. The Balaban J connectivity index is 1.77. The van der Waals surface area contributed by atoms with Gasteiger partial charge in [0, 0.05) is 13.0 Å².